The Hall–Kier alpha value is -0.0800. The largest absolute Gasteiger partial charge is 0.316 e. The van der Waals surface area contributed by atoms with Crippen molar-refractivity contribution in [2.45, 2.75) is 45.1 Å². The van der Waals surface area contributed by atoms with Gasteiger partial charge in [-0.25, -0.2) is 0 Å². The summed E-state index contributed by atoms with van der Waals surface area (Å²) in [4.78, 5) is 2.76. The van der Waals surface area contributed by atoms with Crippen molar-refractivity contribution in [1.82, 2.24) is 10.2 Å². The zero-order valence-electron chi connectivity index (χ0n) is 9.47. The molecule has 1 saturated heterocycles. The van der Waals surface area contributed by atoms with E-state index in [1.165, 1.54) is 58.3 Å². The molecule has 2 rings (SSSR count). The first-order chi connectivity index (χ1) is 6.86. The van der Waals surface area contributed by atoms with E-state index in [0.29, 0.717) is 0 Å². The van der Waals surface area contributed by atoms with Crippen molar-refractivity contribution < 1.29 is 0 Å². The molecule has 0 spiro atoms. The van der Waals surface area contributed by atoms with Crippen LogP contribution in [0.15, 0.2) is 0 Å². The minimum atomic E-state index is 0.830. The molecule has 1 heterocycles. The summed E-state index contributed by atoms with van der Waals surface area (Å²) in [5, 5.41) is 3.52. The highest BCUT2D eigenvalue weighted by atomic mass is 15.2. The predicted molar refractivity (Wildman–Crippen MR) is 60.5 cm³/mol. The fourth-order valence-corrected chi connectivity index (χ4v) is 2.91. The van der Waals surface area contributed by atoms with E-state index in [-0.39, 0.29) is 0 Å². The number of nitrogens with one attached hydrogen (secondary N) is 1. The highest BCUT2D eigenvalue weighted by Gasteiger charge is 2.24. The lowest BCUT2D eigenvalue weighted by atomic mass is 10.1. The predicted octanol–water partition coefficient (Wildman–Crippen LogP) is 1.86. The lowest BCUT2D eigenvalue weighted by Crippen LogP contribution is -2.43. The van der Waals surface area contributed by atoms with Gasteiger partial charge in [0.2, 0.25) is 0 Å². The molecule has 1 N–H and O–H groups in total. The first-order valence-corrected chi connectivity index (χ1v) is 6.31. The summed E-state index contributed by atoms with van der Waals surface area (Å²) < 4.78 is 0. The summed E-state index contributed by atoms with van der Waals surface area (Å²) >= 11 is 0. The van der Waals surface area contributed by atoms with Gasteiger partial charge in [-0.3, -0.25) is 0 Å². The van der Waals surface area contributed by atoms with E-state index in [2.05, 4.69) is 17.1 Å². The molecular formula is C12H24N2. The molecule has 0 aromatic rings. The van der Waals surface area contributed by atoms with E-state index in [0.717, 1.165) is 12.0 Å². The molecule has 1 unspecified atom stereocenters. The number of hydrogen-bond donors (Lipinski definition) is 1. The maximum Gasteiger partial charge on any atom is 0.00953 e. The Morgan fingerprint density at radius 3 is 2.71 bits per heavy atom. The zero-order chi connectivity index (χ0) is 9.80. The molecule has 0 amide bonds. The fraction of sp³-hybridized carbons (Fsp3) is 1.00. The van der Waals surface area contributed by atoms with E-state index in [9.17, 15) is 0 Å². The standard InChI is InChI=1S/C12H24N2/c1-11-9-13-7-4-8-14(10-11)12-5-2-3-6-12/h11-13H,2-10H2,1H3. The van der Waals surface area contributed by atoms with Gasteiger partial charge in [-0.05, 0) is 44.8 Å². The average molecular weight is 196 g/mol. The van der Waals surface area contributed by atoms with E-state index in [4.69, 9.17) is 0 Å². The Kier molecular flexibility index (Phi) is 3.82. The maximum absolute atomic E-state index is 3.52. The molecule has 1 aliphatic carbocycles. The van der Waals surface area contributed by atoms with Gasteiger partial charge in [-0.15, -0.1) is 0 Å². The Bertz CT molecular complexity index is 164. The van der Waals surface area contributed by atoms with Crippen LogP contribution < -0.4 is 5.32 Å². The van der Waals surface area contributed by atoms with Crippen LogP contribution in [-0.2, 0) is 0 Å². The van der Waals surface area contributed by atoms with Crippen LogP contribution in [0.3, 0.4) is 0 Å². The molecule has 14 heavy (non-hydrogen) atoms. The molecule has 2 heteroatoms. The summed E-state index contributed by atoms with van der Waals surface area (Å²) in [7, 11) is 0. The highest BCUT2D eigenvalue weighted by molar-refractivity contribution is 4.80. The lowest BCUT2D eigenvalue weighted by molar-refractivity contribution is 0.158. The minimum absolute atomic E-state index is 0.830. The molecule has 2 nitrogen and oxygen atoms in total. The van der Waals surface area contributed by atoms with Gasteiger partial charge in [0.1, 0.15) is 0 Å². The van der Waals surface area contributed by atoms with E-state index < -0.39 is 0 Å². The molecule has 2 aliphatic rings. The van der Waals surface area contributed by atoms with Gasteiger partial charge in [0.15, 0.2) is 0 Å². The van der Waals surface area contributed by atoms with E-state index >= 15 is 0 Å². The Labute approximate surface area is 88.1 Å². The van der Waals surface area contributed by atoms with Gasteiger partial charge in [0.05, 0.1) is 0 Å². The monoisotopic (exact) mass is 196 g/mol. The van der Waals surface area contributed by atoms with Crippen LogP contribution >= 0.6 is 0 Å². The summed E-state index contributed by atoms with van der Waals surface area (Å²) in [6.45, 7) is 7.44. The number of nitrogens with zero attached hydrogens (tertiary/aromatic N) is 1. The maximum atomic E-state index is 3.52. The van der Waals surface area contributed by atoms with Crippen LogP contribution in [-0.4, -0.2) is 37.1 Å². The summed E-state index contributed by atoms with van der Waals surface area (Å²) in [5.74, 6) is 0.830. The first-order valence-electron chi connectivity index (χ1n) is 6.31. The second kappa shape index (κ2) is 5.13. The molecule has 0 aromatic heterocycles. The van der Waals surface area contributed by atoms with Crippen LogP contribution in [0.4, 0.5) is 0 Å². The molecule has 2 fully saturated rings. The SMILES string of the molecule is CC1CNCCCN(C2CCCC2)C1. The average Bonchev–Trinajstić information content (AvgIpc) is 2.63. The molecule has 0 bridgehead atoms. The summed E-state index contributed by atoms with van der Waals surface area (Å²) in [6.07, 6.45) is 7.19. The third kappa shape index (κ3) is 2.71. The number of rotatable bonds is 1. The van der Waals surface area contributed by atoms with Gasteiger partial charge in [0.25, 0.3) is 0 Å². The van der Waals surface area contributed by atoms with Crippen LogP contribution in [0.2, 0.25) is 0 Å². The Balaban J connectivity index is 1.86. The van der Waals surface area contributed by atoms with Crippen molar-refractivity contribution in [3.63, 3.8) is 0 Å². The van der Waals surface area contributed by atoms with Gasteiger partial charge >= 0.3 is 0 Å². The van der Waals surface area contributed by atoms with Crippen molar-refractivity contribution in [3.05, 3.63) is 0 Å². The topological polar surface area (TPSA) is 15.3 Å². The van der Waals surface area contributed by atoms with Gasteiger partial charge in [0, 0.05) is 12.6 Å². The van der Waals surface area contributed by atoms with Gasteiger partial charge in [-0.2, -0.15) is 0 Å². The quantitative estimate of drug-likeness (QED) is 0.688. The molecule has 82 valence electrons. The zero-order valence-corrected chi connectivity index (χ0v) is 9.47. The molecule has 0 radical (unpaired) electrons. The number of hydrogen-bond acceptors (Lipinski definition) is 2. The Morgan fingerprint density at radius 2 is 1.93 bits per heavy atom. The third-order valence-corrected chi connectivity index (χ3v) is 3.68. The third-order valence-electron chi connectivity index (χ3n) is 3.68. The van der Waals surface area contributed by atoms with Gasteiger partial charge in [-0.1, -0.05) is 19.8 Å². The molecule has 1 atom stereocenters. The molecule has 0 aromatic carbocycles. The smallest absolute Gasteiger partial charge is 0.00953 e. The van der Waals surface area contributed by atoms with Crippen molar-refractivity contribution >= 4 is 0 Å². The first kappa shape index (κ1) is 10.4. The van der Waals surface area contributed by atoms with E-state index in [1.807, 2.05) is 0 Å². The van der Waals surface area contributed by atoms with Gasteiger partial charge < -0.3 is 10.2 Å². The lowest BCUT2D eigenvalue weighted by Gasteiger charge is -2.33. The summed E-state index contributed by atoms with van der Waals surface area (Å²) in [5.41, 5.74) is 0. The van der Waals surface area contributed by atoms with Crippen LogP contribution in [0, 0.1) is 5.92 Å². The summed E-state index contributed by atoms with van der Waals surface area (Å²) in [6, 6.07) is 0.926. The minimum Gasteiger partial charge on any atom is -0.316 e. The molecular weight excluding hydrogens is 172 g/mol. The van der Waals surface area contributed by atoms with Crippen molar-refractivity contribution in [3.8, 4) is 0 Å². The van der Waals surface area contributed by atoms with E-state index in [1.54, 1.807) is 0 Å². The fourth-order valence-electron chi connectivity index (χ4n) is 2.91. The second-order valence-electron chi connectivity index (χ2n) is 5.10. The van der Waals surface area contributed by atoms with Crippen LogP contribution in [0.5, 0.6) is 0 Å². The van der Waals surface area contributed by atoms with Crippen molar-refractivity contribution in [2.75, 3.05) is 26.2 Å². The van der Waals surface area contributed by atoms with Crippen LogP contribution in [0.25, 0.3) is 0 Å². The Morgan fingerprint density at radius 1 is 1.14 bits per heavy atom. The molecule has 1 saturated carbocycles. The normalized spacial score (nSPS) is 32.8. The second-order valence-corrected chi connectivity index (χ2v) is 5.10. The van der Waals surface area contributed by atoms with Crippen LogP contribution in [0.1, 0.15) is 39.0 Å². The van der Waals surface area contributed by atoms with Crippen molar-refractivity contribution in [1.29, 1.82) is 0 Å². The molecule has 1 aliphatic heterocycles. The highest BCUT2D eigenvalue weighted by Crippen LogP contribution is 2.24. The van der Waals surface area contributed by atoms with Crippen molar-refractivity contribution in [2.24, 2.45) is 5.92 Å².